The average molecular weight is 439 g/mol. The lowest BCUT2D eigenvalue weighted by Gasteiger charge is -2.39. The van der Waals surface area contributed by atoms with Gasteiger partial charge in [-0.2, -0.15) is 0 Å². The number of aryl methyl sites for hydroxylation is 1. The highest BCUT2D eigenvalue weighted by Crippen LogP contribution is 2.44. The summed E-state index contributed by atoms with van der Waals surface area (Å²) >= 11 is 0. The molecule has 5 aliphatic rings. The molecule has 3 N–H and O–H groups in total. The molecule has 7 nitrogen and oxygen atoms in total. The first-order chi connectivity index (χ1) is 15.2. The first kappa shape index (κ1) is 21.3. The number of amides is 2. The number of rotatable bonds is 1. The van der Waals surface area contributed by atoms with E-state index in [0.29, 0.717) is 18.9 Å². The normalized spacial score (nSPS) is 33.7. The third kappa shape index (κ3) is 3.86. The van der Waals surface area contributed by atoms with Crippen LogP contribution in [-0.4, -0.2) is 40.4 Å². The number of fused-ring (bicyclic) bond motifs is 4. The molecule has 172 valence electrons. The Morgan fingerprint density at radius 3 is 2.88 bits per heavy atom. The molecule has 4 aliphatic heterocycles. The maximum Gasteiger partial charge on any atom is 0.231 e. The zero-order valence-electron chi connectivity index (χ0n) is 19.3. The first-order valence-electron chi connectivity index (χ1n) is 12.0. The molecule has 4 bridgehead atoms. The molecule has 0 radical (unpaired) electrons. The Labute approximate surface area is 189 Å². The minimum atomic E-state index is -0.418. The molecule has 1 aromatic rings. The van der Waals surface area contributed by atoms with Crippen LogP contribution >= 0.6 is 0 Å². The van der Waals surface area contributed by atoms with Crippen LogP contribution in [-0.2, 0) is 16.0 Å². The lowest BCUT2D eigenvalue weighted by atomic mass is 9.84. The summed E-state index contributed by atoms with van der Waals surface area (Å²) in [6.45, 7) is 6.70. The largest absolute Gasteiger partial charge is 0.487 e. The molecule has 2 amide bonds. The highest BCUT2D eigenvalue weighted by atomic mass is 16.5. The second kappa shape index (κ2) is 7.49. The Balaban J connectivity index is 1.49. The Morgan fingerprint density at radius 1 is 1.31 bits per heavy atom. The van der Waals surface area contributed by atoms with E-state index in [1.54, 1.807) is 4.90 Å². The van der Waals surface area contributed by atoms with Crippen molar-refractivity contribution >= 4 is 17.8 Å². The van der Waals surface area contributed by atoms with Crippen molar-refractivity contribution in [2.45, 2.75) is 82.9 Å². The average Bonchev–Trinajstić information content (AvgIpc) is 3.49. The molecule has 4 heterocycles. The van der Waals surface area contributed by atoms with Crippen molar-refractivity contribution in [1.82, 2.24) is 10.2 Å². The van der Waals surface area contributed by atoms with Crippen molar-refractivity contribution < 1.29 is 14.3 Å². The Kier molecular flexibility index (Phi) is 4.98. The summed E-state index contributed by atoms with van der Waals surface area (Å²) in [5.41, 5.74) is 7.82. The summed E-state index contributed by atoms with van der Waals surface area (Å²) in [6, 6.07) is 6.28. The fourth-order valence-electron chi connectivity index (χ4n) is 5.66. The molecule has 1 saturated carbocycles. The predicted molar refractivity (Wildman–Crippen MR) is 122 cm³/mol. The summed E-state index contributed by atoms with van der Waals surface area (Å²) in [5.74, 6) is 1.33. The van der Waals surface area contributed by atoms with E-state index in [1.807, 2.05) is 6.07 Å². The minimum Gasteiger partial charge on any atom is -0.487 e. The Hall–Kier alpha value is -2.57. The first-order valence-corrected chi connectivity index (χ1v) is 12.0. The number of ether oxygens (including phenoxy) is 1. The number of aliphatic imine (C=N–C) groups is 1. The summed E-state index contributed by atoms with van der Waals surface area (Å²) in [6.07, 6.45) is 5.33. The van der Waals surface area contributed by atoms with Gasteiger partial charge in [-0.3, -0.25) is 14.5 Å². The van der Waals surface area contributed by atoms with Crippen LogP contribution < -0.4 is 15.8 Å². The van der Waals surface area contributed by atoms with E-state index in [0.717, 1.165) is 49.8 Å². The van der Waals surface area contributed by atoms with E-state index in [-0.39, 0.29) is 35.3 Å². The number of nitrogens with two attached hydrogens (primary N) is 1. The van der Waals surface area contributed by atoms with Gasteiger partial charge in [0.1, 0.15) is 11.4 Å². The van der Waals surface area contributed by atoms with Gasteiger partial charge in [-0.05, 0) is 63.5 Å². The van der Waals surface area contributed by atoms with Crippen molar-refractivity contribution in [1.29, 1.82) is 0 Å². The molecule has 4 atom stereocenters. The van der Waals surface area contributed by atoms with E-state index in [1.165, 1.54) is 5.56 Å². The van der Waals surface area contributed by atoms with Crippen LogP contribution in [0.25, 0.3) is 0 Å². The van der Waals surface area contributed by atoms with Crippen LogP contribution in [0.15, 0.2) is 23.2 Å². The Bertz CT molecular complexity index is 987. The van der Waals surface area contributed by atoms with Crippen LogP contribution in [0, 0.1) is 11.8 Å². The third-order valence-electron chi connectivity index (χ3n) is 7.70. The van der Waals surface area contributed by atoms with Gasteiger partial charge in [0.25, 0.3) is 0 Å². The van der Waals surface area contributed by atoms with E-state index in [9.17, 15) is 9.59 Å². The molecule has 0 spiro atoms. The number of nitrogens with zero attached hydrogens (tertiary/aromatic N) is 2. The summed E-state index contributed by atoms with van der Waals surface area (Å²) in [4.78, 5) is 32.5. The van der Waals surface area contributed by atoms with Gasteiger partial charge >= 0.3 is 0 Å². The van der Waals surface area contributed by atoms with Crippen molar-refractivity contribution in [2.24, 2.45) is 22.6 Å². The minimum absolute atomic E-state index is 0.0373. The SMILES string of the molecule is CCC12CCCc3ccc4c(c3)[C@H](CC(C)(C)O4)NC(=O)[C@H]3C[C@@H]3CN(C(=O)C1)C(N)=N2. The lowest BCUT2D eigenvalue weighted by Crippen LogP contribution is -2.52. The summed E-state index contributed by atoms with van der Waals surface area (Å²) in [7, 11) is 0. The molecule has 0 saturated heterocycles. The van der Waals surface area contributed by atoms with Crippen LogP contribution in [0.4, 0.5) is 0 Å². The van der Waals surface area contributed by atoms with Crippen molar-refractivity contribution in [2.75, 3.05) is 6.54 Å². The number of guanidine groups is 1. The number of carbonyl (C=O) groups excluding carboxylic acids is 2. The molecule has 1 fully saturated rings. The van der Waals surface area contributed by atoms with Gasteiger partial charge in [-0.25, -0.2) is 4.99 Å². The van der Waals surface area contributed by atoms with E-state index in [2.05, 4.69) is 38.2 Å². The van der Waals surface area contributed by atoms with Crippen molar-refractivity contribution in [3.8, 4) is 5.75 Å². The monoisotopic (exact) mass is 438 g/mol. The van der Waals surface area contributed by atoms with E-state index >= 15 is 0 Å². The molecule has 1 aliphatic carbocycles. The van der Waals surface area contributed by atoms with Crippen molar-refractivity contribution in [3.63, 3.8) is 0 Å². The second-order valence-corrected chi connectivity index (χ2v) is 10.7. The van der Waals surface area contributed by atoms with Gasteiger partial charge in [-0.1, -0.05) is 19.1 Å². The lowest BCUT2D eigenvalue weighted by molar-refractivity contribution is -0.130. The summed E-state index contributed by atoms with van der Waals surface area (Å²) < 4.78 is 6.23. The topological polar surface area (TPSA) is 97.0 Å². The summed E-state index contributed by atoms with van der Waals surface area (Å²) in [5, 5.41) is 3.29. The highest BCUT2D eigenvalue weighted by Gasteiger charge is 2.48. The maximum atomic E-state index is 13.1. The molecular formula is C25H34N4O3. The number of carbonyl (C=O) groups is 2. The highest BCUT2D eigenvalue weighted by molar-refractivity contribution is 5.99. The van der Waals surface area contributed by atoms with Gasteiger partial charge in [0.2, 0.25) is 11.8 Å². The molecule has 32 heavy (non-hydrogen) atoms. The zero-order chi connectivity index (χ0) is 22.7. The molecular weight excluding hydrogens is 404 g/mol. The fraction of sp³-hybridized carbons (Fsp3) is 0.640. The molecule has 1 unspecified atom stereocenters. The number of benzene rings is 1. The fourth-order valence-corrected chi connectivity index (χ4v) is 5.66. The standard InChI is InChI=1S/C25H34N4O3/c1-4-25-9-5-6-15-7-8-20-18(10-15)19(12-24(2,3)32-20)27-22(31)17-11-16(17)14-29(21(30)13-25)23(26)28-25/h7-8,10,16-17,19H,4-6,9,11-14H2,1-3H3,(H2,26,28)(H,27,31)/t16-,17+,19+,25?/m1/s1. The van der Waals surface area contributed by atoms with Crippen molar-refractivity contribution in [3.05, 3.63) is 29.3 Å². The van der Waals surface area contributed by atoms with Gasteiger partial charge in [0.15, 0.2) is 5.96 Å². The van der Waals surface area contributed by atoms with Gasteiger partial charge < -0.3 is 15.8 Å². The van der Waals surface area contributed by atoms with Gasteiger partial charge in [0.05, 0.1) is 18.0 Å². The van der Waals surface area contributed by atoms with Gasteiger partial charge in [-0.15, -0.1) is 0 Å². The maximum absolute atomic E-state index is 13.1. The zero-order valence-corrected chi connectivity index (χ0v) is 19.3. The molecule has 6 rings (SSSR count). The molecule has 0 aromatic heterocycles. The second-order valence-electron chi connectivity index (χ2n) is 10.7. The van der Waals surface area contributed by atoms with Crippen LogP contribution in [0.1, 0.15) is 76.5 Å². The van der Waals surface area contributed by atoms with E-state index in [4.69, 9.17) is 15.5 Å². The quantitative estimate of drug-likeness (QED) is 0.704. The van der Waals surface area contributed by atoms with Crippen LogP contribution in [0.2, 0.25) is 0 Å². The number of hydrogen-bond donors (Lipinski definition) is 2. The third-order valence-corrected chi connectivity index (χ3v) is 7.70. The van der Waals surface area contributed by atoms with Crippen LogP contribution in [0.3, 0.4) is 0 Å². The van der Waals surface area contributed by atoms with Gasteiger partial charge in [0, 0.05) is 24.4 Å². The van der Waals surface area contributed by atoms with Crippen LogP contribution in [0.5, 0.6) is 5.75 Å². The predicted octanol–water partition coefficient (Wildman–Crippen LogP) is 3.07. The van der Waals surface area contributed by atoms with E-state index < -0.39 is 5.54 Å². The molecule has 7 heteroatoms. The smallest absolute Gasteiger partial charge is 0.231 e. The molecule has 1 aromatic carbocycles. The Morgan fingerprint density at radius 2 is 2.12 bits per heavy atom. The number of nitrogens with one attached hydrogen (secondary N) is 1. The number of hydrogen-bond acceptors (Lipinski definition) is 5.